The Hall–Kier alpha value is -2.04. The minimum absolute atomic E-state index is 0.00589. The molecule has 0 spiro atoms. The zero-order valence-electron chi connectivity index (χ0n) is 12.6. The first-order valence-corrected chi connectivity index (χ1v) is 7.15. The molecule has 0 aromatic heterocycles. The molecular weight excluding hydrogens is 270 g/mol. The van der Waals surface area contributed by atoms with Gasteiger partial charge in [-0.1, -0.05) is 12.1 Å². The first-order valence-electron chi connectivity index (χ1n) is 7.15. The predicted octanol–water partition coefficient (Wildman–Crippen LogP) is 2.39. The molecule has 1 aromatic rings. The second-order valence-corrected chi connectivity index (χ2v) is 5.10. The highest BCUT2D eigenvalue weighted by atomic mass is 16.5. The molecular formula is C16H23NO4. The molecule has 1 rings (SSSR count). The molecule has 0 bridgehead atoms. The first kappa shape index (κ1) is 17.0. The number of carboxylic acid groups (broad SMARTS) is 1. The number of hydrogen-bond acceptors (Lipinski definition) is 3. The molecule has 1 unspecified atom stereocenters. The van der Waals surface area contributed by atoms with E-state index >= 15 is 0 Å². The summed E-state index contributed by atoms with van der Waals surface area (Å²) in [6.07, 6.45) is 2.51. The Bertz CT molecular complexity index is 456. The van der Waals surface area contributed by atoms with Crippen LogP contribution in [0.1, 0.15) is 38.2 Å². The van der Waals surface area contributed by atoms with Crippen LogP contribution in [0.5, 0.6) is 5.75 Å². The van der Waals surface area contributed by atoms with Gasteiger partial charge >= 0.3 is 5.97 Å². The molecule has 0 heterocycles. The van der Waals surface area contributed by atoms with Gasteiger partial charge in [0.1, 0.15) is 5.75 Å². The molecule has 0 fully saturated rings. The van der Waals surface area contributed by atoms with Crippen LogP contribution in [0.2, 0.25) is 0 Å². The quantitative estimate of drug-likeness (QED) is 0.733. The summed E-state index contributed by atoms with van der Waals surface area (Å²) in [6, 6.07) is 7.65. The number of aryl methyl sites for hydroxylation is 1. The van der Waals surface area contributed by atoms with E-state index in [2.05, 4.69) is 5.32 Å². The van der Waals surface area contributed by atoms with E-state index in [1.165, 1.54) is 0 Å². The van der Waals surface area contributed by atoms with Crippen LogP contribution < -0.4 is 10.1 Å². The maximum Gasteiger partial charge on any atom is 0.303 e. The minimum Gasteiger partial charge on any atom is -0.497 e. The molecule has 0 saturated carbocycles. The Balaban J connectivity index is 2.24. The van der Waals surface area contributed by atoms with Crippen molar-refractivity contribution in [2.24, 2.45) is 0 Å². The average molecular weight is 293 g/mol. The summed E-state index contributed by atoms with van der Waals surface area (Å²) < 4.78 is 5.08. The Morgan fingerprint density at radius 3 is 2.48 bits per heavy atom. The summed E-state index contributed by atoms with van der Waals surface area (Å²) in [5.41, 5.74) is 1.09. The van der Waals surface area contributed by atoms with E-state index in [1.54, 1.807) is 7.11 Å². The van der Waals surface area contributed by atoms with Crippen LogP contribution in [-0.4, -0.2) is 30.1 Å². The maximum absolute atomic E-state index is 11.8. The molecule has 0 aliphatic carbocycles. The normalized spacial score (nSPS) is 11.7. The van der Waals surface area contributed by atoms with E-state index in [-0.39, 0.29) is 18.4 Å². The Morgan fingerprint density at radius 1 is 1.24 bits per heavy atom. The highest BCUT2D eigenvalue weighted by molar-refractivity contribution is 5.76. The van der Waals surface area contributed by atoms with Crippen molar-refractivity contribution in [3.8, 4) is 5.75 Å². The molecule has 0 saturated heterocycles. The lowest BCUT2D eigenvalue weighted by atomic mass is 10.1. The number of aliphatic carboxylic acids is 1. The highest BCUT2D eigenvalue weighted by Crippen LogP contribution is 2.12. The fourth-order valence-electron chi connectivity index (χ4n) is 2.03. The van der Waals surface area contributed by atoms with E-state index in [4.69, 9.17) is 9.84 Å². The lowest BCUT2D eigenvalue weighted by Gasteiger charge is -2.13. The van der Waals surface area contributed by atoms with Crippen LogP contribution in [0.3, 0.4) is 0 Å². The van der Waals surface area contributed by atoms with Gasteiger partial charge < -0.3 is 15.2 Å². The number of carboxylic acids is 1. The van der Waals surface area contributed by atoms with Crippen molar-refractivity contribution in [1.82, 2.24) is 5.32 Å². The van der Waals surface area contributed by atoms with Crippen molar-refractivity contribution >= 4 is 11.9 Å². The summed E-state index contributed by atoms with van der Waals surface area (Å²) in [4.78, 5) is 22.2. The van der Waals surface area contributed by atoms with Gasteiger partial charge in [0, 0.05) is 18.9 Å². The Morgan fingerprint density at radius 2 is 1.90 bits per heavy atom. The van der Waals surface area contributed by atoms with Crippen LogP contribution in [0.15, 0.2) is 24.3 Å². The summed E-state index contributed by atoms with van der Waals surface area (Å²) in [5, 5.41) is 11.4. The Labute approximate surface area is 125 Å². The summed E-state index contributed by atoms with van der Waals surface area (Å²) in [6.45, 7) is 1.90. The number of nitrogens with one attached hydrogen (secondary N) is 1. The van der Waals surface area contributed by atoms with Gasteiger partial charge in [-0.2, -0.15) is 0 Å². The van der Waals surface area contributed by atoms with Crippen molar-refractivity contribution in [3.05, 3.63) is 29.8 Å². The standard InChI is InChI=1S/C16H23NO4/c1-12(4-3-5-16(19)20)17-15(18)11-8-13-6-9-14(21-2)10-7-13/h6-7,9-10,12H,3-5,8,11H2,1-2H3,(H,17,18)(H,19,20). The summed E-state index contributed by atoms with van der Waals surface area (Å²) >= 11 is 0. The number of amides is 1. The number of methoxy groups -OCH3 is 1. The molecule has 1 atom stereocenters. The largest absolute Gasteiger partial charge is 0.497 e. The number of carbonyl (C=O) groups is 2. The van der Waals surface area contributed by atoms with Crippen LogP contribution in [-0.2, 0) is 16.0 Å². The van der Waals surface area contributed by atoms with Crippen molar-refractivity contribution in [2.75, 3.05) is 7.11 Å². The van der Waals surface area contributed by atoms with Crippen LogP contribution in [0.4, 0.5) is 0 Å². The van der Waals surface area contributed by atoms with Crippen LogP contribution in [0, 0.1) is 0 Å². The number of hydrogen-bond donors (Lipinski definition) is 2. The van der Waals surface area contributed by atoms with Crippen molar-refractivity contribution in [3.63, 3.8) is 0 Å². The molecule has 0 radical (unpaired) electrons. The van der Waals surface area contributed by atoms with Gasteiger partial charge in [0.05, 0.1) is 7.11 Å². The molecule has 0 aliphatic rings. The molecule has 2 N–H and O–H groups in total. The van der Waals surface area contributed by atoms with Gasteiger partial charge in [-0.3, -0.25) is 9.59 Å². The molecule has 1 aromatic carbocycles. The molecule has 116 valence electrons. The summed E-state index contributed by atoms with van der Waals surface area (Å²) in [7, 11) is 1.62. The number of benzene rings is 1. The molecule has 21 heavy (non-hydrogen) atoms. The monoisotopic (exact) mass is 293 g/mol. The third kappa shape index (κ3) is 7.34. The maximum atomic E-state index is 11.8. The van der Waals surface area contributed by atoms with Crippen LogP contribution in [0.25, 0.3) is 0 Å². The third-order valence-electron chi connectivity index (χ3n) is 3.23. The summed E-state index contributed by atoms with van der Waals surface area (Å²) in [5.74, 6) is -0.00284. The first-order chi connectivity index (χ1) is 10.0. The van der Waals surface area contributed by atoms with E-state index in [0.717, 1.165) is 11.3 Å². The second kappa shape index (κ2) is 9.00. The fourth-order valence-corrected chi connectivity index (χ4v) is 2.03. The van der Waals surface area contributed by atoms with Gasteiger partial charge in [0.25, 0.3) is 0 Å². The fraction of sp³-hybridized carbons (Fsp3) is 0.500. The van der Waals surface area contributed by atoms with Crippen molar-refractivity contribution in [1.29, 1.82) is 0 Å². The highest BCUT2D eigenvalue weighted by Gasteiger charge is 2.08. The van der Waals surface area contributed by atoms with Crippen LogP contribution >= 0.6 is 0 Å². The second-order valence-electron chi connectivity index (χ2n) is 5.10. The van der Waals surface area contributed by atoms with E-state index < -0.39 is 5.97 Å². The van der Waals surface area contributed by atoms with E-state index in [0.29, 0.717) is 25.7 Å². The lowest BCUT2D eigenvalue weighted by molar-refractivity contribution is -0.137. The molecule has 5 nitrogen and oxygen atoms in total. The molecule has 1 amide bonds. The zero-order chi connectivity index (χ0) is 15.7. The average Bonchev–Trinajstić information content (AvgIpc) is 2.45. The van der Waals surface area contributed by atoms with Gasteiger partial charge in [-0.15, -0.1) is 0 Å². The molecule has 5 heteroatoms. The van der Waals surface area contributed by atoms with Gasteiger partial charge in [-0.25, -0.2) is 0 Å². The van der Waals surface area contributed by atoms with Gasteiger partial charge in [-0.05, 0) is 43.9 Å². The van der Waals surface area contributed by atoms with Gasteiger partial charge in [0.15, 0.2) is 0 Å². The zero-order valence-corrected chi connectivity index (χ0v) is 12.6. The Kier molecular flexibility index (Phi) is 7.29. The predicted molar refractivity (Wildman–Crippen MR) is 80.4 cm³/mol. The number of carbonyl (C=O) groups excluding carboxylic acids is 1. The third-order valence-corrected chi connectivity index (χ3v) is 3.23. The van der Waals surface area contributed by atoms with E-state index in [1.807, 2.05) is 31.2 Å². The van der Waals surface area contributed by atoms with E-state index in [9.17, 15) is 9.59 Å². The van der Waals surface area contributed by atoms with Crippen molar-refractivity contribution < 1.29 is 19.4 Å². The minimum atomic E-state index is -0.798. The number of ether oxygens (including phenoxy) is 1. The smallest absolute Gasteiger partial charge is 0.303 e. The number of rotatable bonds is 9. The molecule has 0 aliphatic heterocycles. The SMILES string of the molecule is COc1ccc(CCC(=O)NC(C)CCCC(=O)O)cc1. The van der Waals surface area contributed by atoms with Gasteiger partial charge in [0.2, 0.25) is 5.91 Å². The topological polar surface area (TPSA) is 75.6 Å². The van der Waals surface area contributed by atoms with Crippen molar-refractivity contribution in [2.45, 2.75) is 45.1 Å². The lowest BCUT2D eigenvalue weighted by Crippen LogP contribution is -2.32.